The third-order valence-corrected chi connectivity index (χ3v) is 10.3. The fourth-order valence-electron chi connectivity index (χ4n) is 7.73. The second-order valence-corrected chi connectivity index (χ2v) is 13.6. The van der Waals surface area contributed by atoms with Crippen LogP contribution in [-0.2, 0) is 6.42 Å². The minimum atomic E-state index is 0.0603. The monoisotopic (exact) mass is 679 g/mol. The number of aromatic nitrogens is 3. The van der Waals surface area contributed by atoms with Crippen molar-refractivity contribution in [2.24, 2.45) is 0 Å². The molecule has 8 aromatic carbocycles. The van der Waals surface area contributed by atoms with Gasteiger partial charge in [0.2, 0.25) is 0 Å². The molecule has 1 unspecified atom stereocenters. The Morgan fingerprint density at radius 3 is 1.74 bits per heavy atom. The third-order valence-electron chi connectivity index (χ3n) is 10.3. The molecular formula is C49H33N3O. The first-order chi connectivity index (χ1) is 26.3. The summed E-state index contributed by atoms with van der Waals surface area (Å²) >= 11 is 0. The summed E-state index contributed by atoms with van der Waals surface area (Å²) in [6.45, 7) is 0. The van der Waals surface area contributed by atoms with Crippen molar-refractivity contribution in [3.05, 3.63) is 199 Å². The van der Waals surface area contributed by atoms with E-state index in [1.165, 1.54) is 27.5 Å². The Morgan fingerprint density at radius 1 is 0.434 bits per heavy atom. The van der Waals surface area contributed by atoms with Gasteiger partial charge in [-0.25, -0.2) is 15.0 Å². The molecule has 0 radical (unpaired) electrons. The highest BCUT2D eigenvalue weighted by Gasteiger charge is 2.25. The maximum Gasteiger partial charge on any atom is 0.167 e. The summed E-state index contributed by atoms with van der Waals surface area (Å²) in [6.07, 6.45) is 0.841. The van der Waals surface area contributed by atoms with Crippen LogP contribution in [0.25, 0.3) is 77.6 Å². The van der Waals surface area contributed by atoms with Crippen molar-refractivity contribution in [3.8, 4) is 34.2 Å². The molecule has 53 heavy (non-hydrogen) atoms. The lowest BCUT2D eigenvalue weighted by Crippen LogP contribution is -2.06. The van der Waals surface area contributed by atoms with E-state index in [1.54, 1.807) is 0 Å². The first-order valence-electron chi connectivity index (χ1n) is 18.0. The Morgan fingerprint density at radius 2 is 1.02 bits per heavy atom. The molecule has 0 N–H and O–H groups in total. The first-order valence-corrected chi connectivity index (χ1v) is 18.0. The maximum absolute atomic E-state index is 7.09. The van der Waals surface area contributed by atoms with Crippen LogP contribution >= 0.6 is 0 Å². The molecule has 0 spiro atoms. The highest BCUT2D eigenvalue weighted by molar-refractivity contribution is 6.18. The zero-order valence-corrected chi connectivity index (χ0v) is 28.9. The Labute approximate surface area is 307 Å². The molecule has 0 amide bonds. The van der Waals surface area contributed by atoms with Gasteiger partial charge in [0.25, 0.3) is 0 Å². The lowest BCUT2D eigenvalue weighted by Gasteiger charge is -2.21. The number of furan rings is 1. The molecule has 0 aliphatic carbocycles. The minimum absolute atomic E-state index is 0.0603. The van der Waals surface area contributed by atoms with Gasteiger partial charge in [0.1, 0.15) is 11.2 Å². The van der Waals surface area contributed by atoms with Crippen molar-refractivity contribution in [3.63, 3.8) is 0 Å². The summed E-state index contributed by atoms with van der Waals surface area (Å²) in [6, 6.07) is 63.8. The van der Waals surface area contributed by atoms with Gasteiger partial charge in [-0.1, -0.05) is 170 Å². The SMILES string of the molecule is c1ccc(CC(c2ccc3ccccc3c2)c2cc3ccccc3c3oc4c(-c5nc(-c6ccccc6)nc(-c6ccccc6)n5)cccc4c23)cc1. The highest BCUT2D eigenvalue weighted by atomic mass is 16.3. The number of nitrogens with zero attached hydrogens (tertiary/aromatic N) is 3. The predicted octanol–water partition coefficient (Wildman–Crippen LogP) is 12.5. The van der Waals surface area contributed by atoms with Gasteiger partial charge < -0.3 is 4.42 Å². The van der Waals surface area contributed by atoms with Crippen molar-refractivity contribution >= 4 is 43.5 Å². The summed E-state index contributed by atoms with van der Waals surface area (Å²) in [7, 11) is 0. The lowest BCUT2D eigenvalue weighted by atomic mass is 9.82. The second-order valence-electron chi connectivity index (χ2n) is 13.6. The minimum Gasteiger partial charge on any atom is -0.455 e. The molecule has 2 aromatic heterocycles. The Hall–Kier alpha value is -6.91. The fraction of sp³-hybridized carbons (Fsp3) is 0.0408. The first kappa shape index (κ1) is 30.9. The average molecular weight is 680 g/mol. The van der Waals surface area contributed by atoms with Crippen LogP contribution < -0.4 is 0 Å². The summed E-state index contributed by atoms with van der Waals surface area (Å²) < 4.78 is 7.09. The van der Waals surface area contributed by atoms with Crippen molar-refractivity contribution in [1.29, 1.82) is 0 Å². The van der Waals surface area contributed by atoms with Crippen LogP contribution in [0.15, 0.2) is 186 Å². The van der Waals surface area contributed by atoms with Gasteiger partial charge >= 0.3 is 0 Å². The standard InChI is InChI=1S/C49H33N3O/c1-4-15-32(16-5-1)29-42(38-28-27-33-17-10-11-22-36(33)30-38)43-31-37-23-12-13-24-39(37)46-44(43)40-25-14-26-41(45(40)53-46)49-51-47(34-18-6-2-7-19-34)50-48(52-49)35-20-8-3-9-21-35/h1-28,30-31,42H,29H2. The van der Waals surface area contributed by atoms with Gasteiger partial charge in [-0.15, -0.1) is 0 Å². The number of hydrogen-bond acceptors (Lipinski definition) is 4. The molecule has 1 atom stereocenters. The Bertz CT molecular complexity index is 2860. The van der Waals surface area contributed by atoms with E-state index >= 15 is 0 Å². The third kappa shape index (κ3) is 5.62. The molecule has 0 fully saturated rings. The number of hydrogen-bond donors (Lipinski definition) is 0. The molecule has 0 aliphatic heterocycles. The average Bonchev–Trinajstić information content (AvgIpc) is 3.64. The molecule has 0 bridgehead atoms. The van der Waals surface area contributed by atoms with Gasteiger partial charge in [0.15, 0.2) is 17.5 Å². The van der Waals surface area contributed by atoms with Crippen molar-refractivity contribution < 1.29 is 4.42 Å². The molecule has 0 saturated heterocycles. The smallest absolute Gasteiger partial charge is 0.167 e. The second kappa shape index (κ2) is 13.0. The van der Waals surface area contributed by atoms with Crippen LogP contribution in [0.4, 0.5) is 0 Å². The number of fused-ring (bicyclic) bond motifs is 6. The molecule has 250 valence electrons. The van der Waals surface area contributed by atoms with Crippen molar-refractivity contribution in [2.75, 3.05) is 0 Å². The molecule has 10 aromatic rings. The zero-order chi connectivity index (χ0) is 35.1. The molecule has 4 heteroatoms. The van der Waals surface area contributed by atoms with E-state index in [0.29, 0.717) is 17.5 Å². The Kier molecular flexibility index (Phi) is 7.58. The Balaban J connectivity index is 1.25. The summed E-state index contributed by atoms with van der Waals surface area (Å²) in [5.74, 6) is 1.87. The molecule has 2 heterocycles. The molecule has 10 rings (SSSR count). The number of rotatable bonds is 7. The fourth-order valence-corrected chi connectivity index (χ4v) is 7.73. The van der Waals surface area contributed by atoms with Gasteiger partial charge in [-0.05, 0) is 51.4 Å². The summed E-state index contributed by atoms with van der Waals surface area (Å²) in [4.78, 5) is 15.1. The van der Waals surface area contributed by atoms with Crippen LogP contribution in [-0.4, -0.2) is 15.0 Å². The summed E-state index contributed by atoms with van der Waals surface area (Å²) in [5, 5.41) is 6.86. The quantitative estimate of drug-likeness (QED) is 0.168. The molecule has 4 nitrogen and oxygen atoms in total. The van der Waals surface area contributed by atoms with E-state index in [2.05, 4.69) is 121 Å². The molecule has 0 saturated carbocycles. The van der Waals surface area contributed by atoms with Gasteiger partial charge in [-0.3, -0.25) is 0 Å². The summed E-state index contributed by atoms with van der Waals surface area (Å²) in [5.41, 5.74) is 8.12. The van der Waals surface area contributed by atoms with E-state index in [1.807, 2.05) is 60.7 Å². The number of benzene rings is 8. The van der Waals surface area contributed by atoms with Crippen LogP contribution in [0.1, 0.15) is 22.6 Å². The normalized spacial score (nSPS) is 12.2. The maximum atomic E-state index is 7.09. The predicted molar refractivity (Wildman–Crippen MR) is 217 cm³/mol. The van der Waals surface area contributed by atoms with E-state index < -0.39 is 0 Å². The molecule has 0 aliphatic rings. The van der Waals surface area contributed by atoms with E-state index in [-0.39, 0.29) is 5.92 Å². The van der Waals surface area contributed by atoms with Crippen LogP contribution in [0.2, 0.25) is 0 Å². The van der Waals surface area contributed by atoms with Crippen LogP contribution in [0, 0.1) is 0 Å². The van der Waals surface area contributed by atoms with Crippen molar-refractivity contribution in [1.82, 2.24) is 15.0 Å². The lowest BCUT2D eigenvalue weighted by molar-refractivity contribution is 0.672. The van der Waals surface area contributed by atoms with Gasteiger partial charge in [0.05, 0.1) is 5.56 Å². The zero-order valence-electron chi connectivity index (χ0n) is 28.9. The highest BCUT2D eigenvalue weighted by Crippen LogP contribution is 2.45. The van der Waals surface area contributed by atoms with Crippen molar-refractivity contribution in [2.45, 2.75) is 12.3 Å². The van der Waals surface area contributed by atoms with Gasteiger partial charge in [0, 0.05) is 33.2 Å². The molecular weight excluding hydrogens is 647 g/mol. The topological polar surface area (TPSA) is 51.8 Å². The van der Waals surface area contributed by atoms with E-state index in [0.717, 1.165) is 55.8 Å². The van der Waals surface area contributed by atoms with Crippen LogP contribution in [0.5, 0.6) is 0 Å². The van der Waals surface area contributed by atoms with Gasteiger partial charge in [-0.2, -0.15) is 0 Å². The van der Waals surface area contributed by atoms with Crippen LogP contribution in [0.3, 0.4) is 0 Å². The number of para-hydroxylation sites is 1. The largest absolute Gasteiger partial charge is 0.455 e. The van der Waals surface area contributed by atoms with E-state index in [9.17, 15) is 0 Å². The van der Waals surface area contributed by atoms with E-state index in [4.69, 9.17) is 19.4 Å².